The van der Waals surface area contributed by atoms with E-state index in [2.05, 4.69) is 5.32 Å². The topological polar surface area (TPSA) is 133 Å². The molecule has 1 aliphatic rings. The van der Waals surface area contributed by atoms with Crippen LogP contribution in [0, 0.1) is 0 Å². The highest BCUT2D eigenvalue weighted by molar-refractivity contribution is 5.88. The summed E-state index contributed by atoms with van der Waals surface area (Å²) < 4.78 is 0. The van der Waals surface area contributed by atoms with Crippen molar-refractivity contribution in [3.63, 3.8) is 0 Å². The molecule has 0 fully saturated rings. The van der Waals surface area contributed by atoms with Crippen molar-refractivity contribution in [2.24, 2.45) is 5.73 Å². The van der Waals surface area contributed by atoms with Gasteiger partial charge in [0.25, 0.3) is 0 Å². The second-order valence-electron chi connectivity index (χ2n) is 6.86. The molecule has 1 aromatic rings. The SMILES string of the molecule is C[C@H](N[C@@H](CCCCN)C(=O)O)C(=O)N1Cc2ccccc2C[C@H]1C(=O)O. The highest BCUT2D eigenvalue weighted by Crippen LogP contribution is 2.24. The molecule has 1 aromatic carbocycles. The Hall–Kier alpha value is -2.45. The minimum absolute atomic E-state index is 0.197. The van der Waals surface area contributed by atoms with Crippen LogP contribution in [-0.2, 0) is 27.3 Å². The zero-order valence-electron chi connectivity index (χ0n) is 15.4. The number of nitrogens with one attached hydrogen (secondary N) is 1. The third kappa shape index (κ3) is 5.27. The molecule has 1 heterocycles. The fraction of sp³-hybridized carbons (Fsp3) is 0.526. The number of amides is 1. The molecule has 0 aliphatic carbocycles. The second-order valence-corrected chi connectivity index (χ2v) is 6.86. The maximum absolute atomic E-state index is 12.9. The zero-order valence-corrected chi connectivity index (χ0v) is 15.4. The van der Waals surface area contributed by atoms with Crippen molar-refractivity contribution in [2.45, 2.75) is 57.3 Å². The quantitative estimate of drug-likeness (QED) is 0.463. The molecule has 0 saturated heterocycles. The summed E-state index contributed by atoms with van der Waals surface area (Å²) in [6, 6.07) is 4.79. The van der Waals surface area contributed by atoms with Crippen LogP contribution in [-0.4, -0.2) is 57.6 Å². The molecule has 8 nitrogen and oxygen atoms in total. The van der Waals surface area contributed by atoms with E-state index >= 15 is 0 Å². The number of aliphatic carboxylic acids is 2. The lowest BCUT2D eigenvalue weighted by atomic mass is 9.93. The van der Waals surface area contributed by atoms with E-state index in [1.165, 1.54) is 4.90 Å². The first-order valence-electron chi connectivity index (χ1n) is 9.14. The third-order valence-electron chi connectivity index (χ3n) is 4.88. The fourth-order valence-electron chi connectivity index (χ4n) is 3.37. The van der Waals surface area contributed by atoms with Crippen LogP contribution in [0.4, 0.5) is 0 Å². The van der Waals surface area contributed by atoms with E-state index in [1.54, 1.807) is 6.92 Å². The molecule has 0 spiro atoms. The van der Waals surface area contributed by atoms with Gasteiger partial charge in [-0.3, -0.25) is 14.9 Å². The van der Waals surface area contributed by atoms with Gasteiger partial charge in [-0.1, -0.05) is 30.7 Å². The van der Waals surface area contributed by atoms with E-state index < -0.39 is 36.0 Å². The van der Waals surface area contributed by atoms with Gasteiger partial charge in [-0.05, 0) is 37.4 Å². The smallest absolute Gasteiger partial charge is 0.326 e. The van der Waals surface area contributed by atoms with Gasteiger partial charge < -0.3 is 20.8 Å². The Morgan fingerprint density at radius 1 is 1.22 bits per heavy atom. The van der Waals surface area contributed by atoms with E-state index in [9.17, 15) is 24.6 Å². The minimum atomic E-state index is -1.07. The van der Waals surface area contributed by atoms with Gasteiger partial charge >= 0.3 is 11.9 Å². The van der Waals surface area contributed by atoms with Crippen LogP contribution < -0.4 is 11.1 Å². The van der Waals surface area contributed by atoms with E-state index in [-0.39, 0.29) is 13.0 Å². The average Bonchev–Trinajstić information content (AvgIpc) is 2.65. The summed E-state index contributed by atoms with van der Waals surface area (Å²) >= 11 is 0. The average molecular weight is 377 g/mol. The molecule has 8 heteroatoms. The zero-order chi connectivity index (χ0) is 20.0. The number of hydrogen-bond donors (Lipinski definition) is 4. The molecule has 3 atom stereocenters. The number of benzene rings is 1. The van der Waals surface area contributed by atoms with E-state index in [1.807, 2.05) is 24.3 Å². The summed E-state index contributed by atoms with van der Waals surface area (Å²) in [5, 5.41) is 21.8. The monoisotopic (exact) mass is 377 g/mol. The number of nitrogens with zero attached hydrogens (tertiary/aromatic N) is 1. The summed E-state index contributed by atoms with van der Waals surface area (Å²) in [5.74, 6) is -2.52. The van der Waals surface area contributed by atoms with Crippen molar-refractivity contribution in [3.8, 4) is 0 Å². The van der Waals surface area contributed by atoms with Crippen LogP contribution in [0.3, 0.4) is 0 Å². The van der Waals surface area contributed by atoms with Gasteiger partial charge in [-0.2, -0.15) is 0 Å². The van der Waals surface area contributed by atoms with Crippen molar-refractivity contribution in [1.82, 2.24) is 10.2 Å². The minimum Gasteiger partial charge on any atom is -0.480 e. The van der Waals surface area contributed by atoms with Crippen molar-refractivity contribution in [3.05, 3.63) is 35.4 Å². The Kier molecular flexibility index (Phi) is 7.32. The first-order valence-corrected chi connectivity index (χ1v) is 9.14. The Morgan fingerprint density at radius 3 is 2.48 bits per heavy atom. The van der Waals surface area contributed by atoms with Gasteiger partial charge in [0.1, 0.15) is 12.1 Å². The van der Waals surface area contributed by atoms with Gasteiger partial charge in [0.15, 0.2) is 0 Å². The summed E-state index contributed by atoms with van der Waals surface area (Å²) in [6.07, 6.45) is 1.94. The molecule has 1 amide bonds. The normalized spacial score (nSPS) is 18.4. The lowest BCUT2D eigenvalue weighted by Gasteiger charge is -2.36. The molecule has 1 aliphatic heterocycles. The largest absolute Gasteiger partial charge is 0.480 e. The standard InChI is InChI=1S/C19H27N3O5/c1-12(21-15(18(24)25)8-4-5-9-20)17(23)22-11-14-7-3-2-6-13(14)10-16(22)19(26)27/h2-3,6-7,12,15-16,21H,4-5,8-11,20H2,1H3,(H,24,25)(H,26,27)/t12-,15-,16-/m0/s1. The van der Waals surface area contributed by atoms with Crippen LogP contribution in [0.15, 0.2) is 24.3 Å². The maximum atomic E-state index is 12.9. The van der Waals surface area contributed by atoms with E-state index in [0.717, 1.165) is 11.1 Å². The Labute approximate surface area is 158 Å². The predicted octanol–water partition coefficient (Wildman–Crippen LogP) is 0.585. The van der Waals surface area contributed by atoms with Gasteiger partial charge in [0.05, 0.1) is 6.04 Å². The van der Waals surface area contributed by atoms with E-state index in [4.69, 9.17) is 5.73 Å². The molecular weight excluding hydrogens is 350 g/mol. The molecule has 2 rings (SSSR count). The van der Waals surface area contributed by atoms with Crippen molar-refractivity contribution >= 4 is 17.8 Å². The molecule has 0 unspecified atom stereocenters. The summed E-state index contributed by atoms with van der Waals surface area (Å²) in [4.78, 5) is 37.4. The van der Waals surface area contributed by atoms with Gasteiger partial charge in [0, 0.05) is 13.0 Å². The van der Waals surface area contributed by atoms with Gasteiger partial charge in [-0.15, -0.1) is 0 Å². The van der Waals surface area contributed by atoms with Crippen molar-refractivity contribution in [2.75, 3.05) is 6.54 Å². The van der Waals surface area contributed by atoms with Gasteiger partial charge in [-0.25, -0.2) is 4.79 Å². The van der Waals surface area contributed by atoms with Crippen LogP contribution in [0.25, 0.3) is 0 Å². The first kappa shape index (κ1) is 20.9. The van der Waals surface area contributed by atoms with Crippen LogP contribution in [0.1, 0.15) is 37.3 Å². The Morgan fingerprint density at radius 2 is 1.89 bits per heavy atom. The highest BCUT2D eigenvalue weighted by atomic mass is 16.4. The summed E-state index contributed by atoms with van der Waals surface area (Å²) in [6.45, 7) is 2.25. The van der Waals surface area contributed by atoms with Crippen LogP contribution in [0.5, 0.6) is 0 Å². The molecule has 0 aromatic heterocycles. The summed E-state index contributed by atoms with van der Waals surface area (Å²) in [7, 11) is 0. The number of unbranched alkanes of at least 4 members (excludes halogenated alkanes) is 1. The Balaban J connectivity index is 2.11. The number of hydrogen-bond acceptors (Lipinski definition) is 5. The van der Waals surface area contributed by atoms with Crippen LogP contribution in [0.2, 0.25) is 0 Å². The van der Waals surface area contributed by atoms with Crippen molar-refractivity contribution < 1.29 is 24.6 Å². The Bertz CT molecular complexity index is 694. The number of nitrogens with two attached hydrogens (primary N) is 1. The fourth-order valence-corrected chi connectivity index (χ4v) is 3.37. The summed E-state index contributed by atoms with van der Waals surface area (Å²) in [5.41, 5.74) is 7.26. The first-order chi connectivity index (χ1) is 12.8. The second kappa shape index (κ2) is 9.48. The third-order valence-corrected chi connectivity index (χ3v) is 4.88. The van der Waals surface area contributed by atoms with Crippen molar-refractivity contribution in [1.29, 1.82) is 0 Å². The van der Waals surface area contributed by atoms with E-state index in [0.29, 0.717) is 25.8 Å². The molecule has 148 valence electrons. The number of fused-ring (bicyclic) bond motifs is 1. The molecule has 5 N–H and O–H groups in total. The predicted molar refractivity (Wildman–Crippen MR) is 99.0 cm³/mol. The molecule has 0 saturated carbocycles. The van der Waals surface area contributed by atoms with Gasteiger partial charge in [0.2, 0.25) is 5.91 Å². The maximum Gasteiger partial charge on any atom is 0.326 e. The molecular formula is C19H27N3O5. The lowest BCUT2D eigenvalue weighted by molar-refractivity contribution is -0.152. The lowest BCUT2D eigenvalue weighted by Crippen LogP contribution is -2.56. The number of carboxylic acids is 2. The molecule has 27 heavy (non-hydrogen) atoms. The molecule has 0 radical (unpaired) electrons. The number of carboxylic acid groups (broad SMARTS) is 2. The number of rotatable bonds is 9. The highest BCUT2D eigenvalue weighted by Gasteiger charge is 2.37. The number of carbonyl (C=O) groups is 3. The van der Waals surface area contributed by atoms with Crippen LogP contribution >= 0.6 is 0 Å². The molecule has 0 bridgehead atoms. The number of carbonyl (C=O) groups excluding carboxylic acids is 1.